The van der Waals surface area contributed by atoms with Gasteiger partial charge < -0.3 is 15.4 Å². The molecule has 0 radical (unpaired) electrons. The summed E-state index contributed by atoms with van der Waals surface area (Å²) in [5, 5.41) is 12.0. The van der Waals surface area contributed by atoms with Crippen molar-refractivity contribution >= 4 is 17.6 Å². The van der Waals surface area contributed by atoms with Crippen LogP contribution in [-0.4, -0.2) is 39.9 Å². The third-order valence-corrected chi connectivity index (χ3v) is 4.55. The number of guanidine groups is 1. The first-order valence-electron chi connectivity index (χ1n) is 9.43. The van der Waals surface area contributed by atoms with Crippen LogP contribution in [0, 0.1) is 6.92 Å². The normalized spacial score (nSPS) is 17.9. The molecule has 0 saturated carbocycles. The molecule has 2 N–H and O–H groups in total. The molecular weight excluding hydrogens is 364 g/mol. The van der Waals surface area contributed by atoms with Gasteiger partial charge in [0.15, 0.2) is 5.96 Å². The molecule has 7 nitrogen and oxygen atoms in total. The molecule has 1 aliphatic heterocycles. The Morgan fingerprint density at radius 3 is 2.93 bits per heavy atom. The molecule has 27 heavy (non-hydrogen) atoms. The maximum atomic E-state index is 5.91. The van der Waals surface area contributed by atoms with E-state index in [-0.39, 0.29) is 12.1 Å². The summed E-state index contributed by atoms with van der Waals surface area (Å²) < 4.78 is 7.89. The summed E-state index contributed by atoms with van der Waals surface area (Å²) in [6.45, 7) is 8.24. The highest BCUT2D eigenvalue weighted by atomic mass is 35.5. The number of nitrogens with one attached hydrogen (secondary N) is 2. The van der Waals surface area contributed by atoms with Gasteiger partial charge in [-0.3, -0.25) is 0 Å². The van der Waals surface area contributed by atoms with Crippen LogP contribution in [0.5, 0.6) is 5.75 Å². The summed E-state index contributed by atoms with van der Waals surface area (Å²) >= 11 is 5.91. The number of nitrogens with zero attached hydrogens (tertiary/aromatic N) is 4. The third-order valence-electron chi connectivity index (χ3n) is 4.29. The van der Waals surface area contributed by atoms with Crippen LogP contribution in [0.1, 0.15) is 44.4 Å². The van der Waals surface area contributed by atoms with Gasteiger partial charge in [-0.2, -0.15) is 5.10 Å². The van der Waals surface area contributed by atoms with Gasteiger partial charge in [-0.25, -0.2) is 14.7 Å². The van der Waals surface area contributed by atoms with Crippen molar-refractivity contribution in [2.45, 2.75) is 52.3 Å². The highest BCUT2D eigenvalue weighted by molar-refractivity contribution is 6.30. The van der Waals surface area contributed by atoms with E-state index in [2.05, 4.69) is 32.6 Å². The minimum absolute atomic E-state index is 0.0566. The summed E-state index contributed by atoms with van der Waals surface area (Å²) in [7, 11) is 0. The van der Waals surface area contributed by atoms with Gasteiger partial charge >= 0.3 is 0 Å². The molecule has 0 amide bonds. The molecule has 1 aliphatic rings. The van der Waals surface area contributed by atoms with Gasteiger partial charge in [0.1, 0.15) is 23.5 Å². The Balaban J connectivity index is 1.62. The molecular formula is C19H27ClN6O. The Labute approximate surface area is 165 Å². The fourth-order valence-corrected chi connectivity index (χ4v) is 3.22. The molecule has 2 aromatic rings. The number of benzene rings is 1. The smallest absolute Gasteiger partial charge is 0.191 e. The van der Waals surface area contributed by atoms with Gasteiger partial charge in [-0.1, -0.05) is 11.6 Å². The second kappa shape index (κ2) is 9.08. The molecule has 1 aromatic carbocycles. The molecule has 0 spiro atoms. The monoisotopic (exact) mass is 390 g/mol. The van der Waals surface area contributed by atoms with E-state index in [0.717, 1.165) is 49.3 Å². The fraction of sp³-hybridized carbons (Fsp3) is 0.526. The number of ether oxygens (including phenoxy) is 1. The lowest BCUT2D eigenvalue weighted by Gasteiger charge is -2.25. The van der Waals surface area contributed by atoms with Crippen molar-refractivity contribution in [2.75, 3.05) is 13.1 Å². The van der Waals surface area contributed by atoms with Crippen LogP contribution in [0.25, 0.3) is 0 Å². The van der Waals surface area contributed by atoms with E-state index in [1.807, 2.05) is 42.8 Å². The van der Waals surface area contributed by atoms with Crippen molar-refractivity contribution in [3.05, 3.63) is 40.9 Å². The quantitative estimate of drug-likeness (QED) is 0.585. The first-order chi connectivity index (χ1) is 13.0. The van der Waals surface area contributed by atoms with Crippen molar-refractivity contribution in [3.8, 4) is 5.75 Å². The largest absolute Gasteiger partial charge is 0.489 e. The standard InChI is InChI=1S/C19H27ClN6O/c1-4-21-19(22-12-13(2)27-16-9-7-15(20)8-10-16)24-17-6-5-11-26-18(17)23-14(3)25-26/h7-10,13,17H,4-6,11-12H2,1-3H3,(H2,21,22,24). The lowest BCUT2D eigenvalue weighted by Crippen LogP contribution is -2.42. The van der Waals surface area contributed by atoms with E-state index in [0.29, 0.717) is 11.6 Å². The Bertz CT molecular complexity index is 773. The lowest BCUT2D eigenvalue weighted by molar-refractivity contribution is 0.230. The molecule has 0 fully saturated rings. The number of halogens is 1. The average Bonchev–Trinajstić information content (AvgIpc) is 3.03. The fourth-order valence-electron chi connectivity index (χ4n) is 3.09. The van der Waals surface area contributed by atoms with Crippen molar-refractivity contribution in [3.63, 3.8) is 0 Å². The van der Waals surface area contributed by atoms with Crippen molar-refractivity contribution in [1.29, 1.82) is 0 Å². The molecule has 8 heteroatoms. The first-order valence-corrected chi connectivity index (χ1v) is 9.81. The maximum absolute atomic E-state index is 5.91. The SMILES string of the molecule is CCNC(=NCC(C)Oc1ccc(Cl)cc1)NC1CCCn2nc(C)nc21. The zero-order valence-corrected chi connectivity index (χ0v) is 16.8. The van der Waals surface area contributed by atoms with Crippen LogP contribution < -0.4 is 15.4 Å². The molecule has 1 aromatic heterocycles. The summed E-state index contributed by atoms with van der Waals surface area (Å²) in [6, 6.07) is 7.48. The van der Waals surface area contributed by atoms with Gasteiger partial charge in [0.05, 0.1) is 12.6 Å². The average molecular weight is 391 g/mol. The topological polar surface area (TPSA) is 76.4 Å². The molecule has 2 atom stereocenters. The summed E-state index contributed by atoms with van der Waals surface area (Å²) in [4.78, 5) is 9.26. The first kappa shape index (κ1) is 19.5. The van der Waals surface area contributed by atoms with Gasteiger partial charge in [0, 0.05) is 18.1 Å². The maximum Gasteiger partial charge on any atom is 0.191 e. The Morgan fingerprint density at radius 2 is 2.19 bits per heavy atom. The Morgan fingerprint density at radius 1 is 1.41 bits per heavy atom. The highest BCUT2D eigenvalue weighted by Crippen LogP contribution is 2.22. The molecule has 3 rings (SSSR count). The van der Waals surface area contributed by atoms with Crippen LogP contribution in [0.15, 0.2) is 29.3 Å². The Hall–Kier alpha value is -2.28. The van der Waals surface area contributed by atoms with E-state index in [4.69, 9.17) is 16.3 Å². The van der Waals surface area contributed by atoms with E-state index < -0.39 is 0 Å². The van der Waals surface area contributed by atoms with Crippen LogP contribution in [0.4, 0.5) is 0 Å². The highest BCUT2D eigenvalue weighted by Gasteiger charge is 2.24. The van der Waals surface area contributed by atoms with E-state index >= 15 is 0 Å². The van der Waals surface area contributed by atoms with E-state index in [1.165, 1.54) is 0 Å². The summed E-state index contributed by atoms with van der Waals surface area (Å²) in [5.41, 5.74) is 0. The van der Waals surface area contributed by atoms with Crippen LogP contribution >= 0.6 is 11.6 Å². The molecule has 146 valence electrons. The summed E-state index contributed by atoms with van der Waals surface area (Å²) in [6.07, 6.45) is 2.03. The molecule has 0 bridgehead atoms. The second-order valence-corrected chi connectivity index (χ2v) is 7.12. The number of hydrogen-bond donors (Lipinski definition) is 2. The molecule has 2 unspecified atom stereocenters. The zero-order chi connectivity index (χ0) is 19.2. The number of aliphatic imine (C=N–C) groups is 1. The Kier molecular flexibility index (Phi) is 6.55. The van der Waals surface area contributed by atoms with Gasteiger partial charge in [0.2, 0.25) is 0 Å². The van der Waals surface area contributed by atoms with Crippen molar-refractivity contribution < 1.29 is 4.74 Å². The minimum atomic E-state index is -0.0566. The van der Waals surface area contributed by atoms with Crippen LogP contribution in [0.3, 0.4) is 0 Å². The van der Waals surface area contributed by atoms with Crippen LogP contribution in [0.2, 0.25) is 5.02 Å². The number of aryl methyl sites for hydroxylation is 2. The molecule has 2 heterocycles. The van der Waals surface area contributed by atoms with Crippen molar-refractivity contribution in [1.82, 2.24) is 25.4 Å². The van der Waals surface area contributed by atoms with Gasteiger partial charge in [0.25, 0.3) is 0 Å². The number of fused-ring (bicyclic) bond motifs is 1. The van der Waals surface area contributed by atoms with Crippen molar-refractivity contribution in [2.24, 2.45) is 4.99 Å². The second-order valence-electron chi connectivity index (χ2n) is 6.68. The number of rotatable bonds is 6. The number of aromatic nitrogens is 3. The molecule has 0 saturated heterocycles. The molecule has 0 aliphatic carbocycles. The van der Waals surface area contributed by atoms with Crippen LogP contribution in [-0.2, 0) is 6.54 Å². The zero-order valence-electron chi connectivity index (χ0n) is 16.1. The van der Waals surface area contributed by atoms with E-state index in [1.54, 1.807) is 0 Å². The predicted octanol–water partition coefficient (Wildman–Crippen LogP) is 3.10. The van der Waals surface area contributed by atoms with Gasteiger partial charge in [-0.05, 0) is 57.9 Å². The number of hydrogen-bond acceptors (Lipinski definition) is 4. The minimum Gasteiger partial charge on any atom is -0.489 e. The van der Waals surface area contributed by atoms with Gasteiger partial charge in [-0.15, -0.1) is 0 Å². The lowest BCUT2D eigenvalue weighted by atomic mass is 10.1. The predicted molar refractivity (Wildman–Crippen MR) is 107 cm³/mol. The third kappa shape index (κ3) is 5.35. The summed E-state index contributed by atoms with van der Waals surface area (Å²) in [5.74, 6) is 3.35. The van der Waals surface area contributed by atoms with E-state index in [9.17, 15) is 0 Å².